The number of rotatable bonds is 4. The molecule has 0 spiro atoms. The van der Waals surface area contributed by atoms with Crippen LogP contribution in [0, 0.1) is 0 Å². The number of pyridine rings is 1. The number of nitrogens with zero attached hydrogens (tertiary/aromatic N) is 3. The first-order valence-electron chi connectivity index (χ1n) is 7.43. The fourth-order valence-corrected chi connectivity index (χ4v) is 3.24. The standard InChI is InChI=1S/C15H16ClN3O3/c16-12-2-1-11(7-17-12)20-8-13-18-14(22-19-13)15-5-3-10(4-6-15)21-9-15/h1-2,7,10H,3-6,8-9H2. The molecule has 0 aromatic carbocycles. The first-order chi connectivity index (χ1) is 10.7. The van der Waals surface area contributed by atoms with Gasteiger partial charge in [0.25, 0.3) is 0 Å². The Kier molecular flexibility index (Phi) is 3.50. The highest BCUT2D eigenvalue weighted by Gasteiger charge is 2.46. The van der Waals surface area contributed by atoms with Gasteiger partial charge < -0.3 is 14.0 Å². The molecule has 2 bridgehead atoms. The SMILES string of the molecule is Clc1ccc(OCc2noc(C34CCC(CC3)OC4)n2)cn1. The molecule has 1 aliphatic carbocycles. The molecule has 0 N–H and O–H groups in total. The molecule has 0 atom stereocenters. The predicted octanol–water partition coefficient (Wildman–Crippen LogP) is 2.91. The van der Waals surface area contributed by atoms with Gasteiger partial charge in [-0.15, -0.1) is 0 Å². The maximum absolute atomic E-state index is 5.80. The molecule has 2 aromatic rings. The minimum Gasteiger partial charge on any atom is -0.484 e. The highest BCUT2D eigenvalue weighted by molar-refractivity contribution is 6.29. The number of aromatic nitrogens is 3. The largest absolute Gasteiger partial charge is 0.484 e. The number of halogens is 1. The molecule has 4 heterocycles. The van der Waals surface area contributed by atoms with Crippen LogP contribution in [0.15, 0.2) is 22.9 Å². The van der Waals surface area contributed by atoms with Crippen LogP contribution >= 0.6 is 11.6 Å². The Bertz CT molecular complexity index is 637. The summed E-state index contributed by atoms with van der Waals surface area (Å²) < 4.78 is 16.9. The van der Waals surface area contributed by atoms with Crippen LogP contribution in [0.3, 0.4) is 0 Å². The zero-order valence-corrected chi connectivity index (χ0v) is 12.8. The van der Waals surface area contributed by atoms with E-state index >= 15 is 0 Å². The molecule has 3 aliphatic rings. The first kappa shape index (κ1) is 14.0. The van der Waals surface area contributed by atoms with Crippen molar-refractivity contribution in [1.29, 1.82) is 0 Å². The van der Waals surface area contributed by atoms with Crippen LogP contribution in [0.1, 0.15) is 37.4 Å². The minimum absolute atomic E-state index is 0.0954. The maximum Gasteiger partial charge on any atom is 0.235 e. The smallest absolute Gasteiger partial charge is 0.235 e. The highest BCUT2D eigenvalue weighted by Crippen LogP contribution is 2.44. The van der Waals surface area contributed by atoms with Crippen molar-refractivity contribution in [2.45, 2.75) is 43.8 Å². The van der Waals surface area contributed by atoms with Crippen LogP contribution < -0.4 is 4.74 Å². The highest BCUT2D eigenvalue weighted by atomic mass is 35.5. The van der Waals surface area contributed by atoms with E-state index in [0.29, 0.717) is 35.3 Å². The molecule has 2 saturated heterocycles. The lowest BCUT2D eigenvalue weighted by Gasteiger charge is -2.43. The summed E-state index contributed by atoms with van der Waals surface area (Å²) >= 11 is 5.74. The van der Waals surface area contributed by atoms with Crippen LogP contribution in [-0.2, 0) is 16.8 Å². The third-order valence-electron chi connectivity index (χ3n) is 4.48. The van der Waals surface area contributed by atoms with Gasteiger partial charge in [0.1, 0.15) is 10.9 Å². The fraction of sp³-hybridized carbons (Fsp3) is 0.533. The molecule has 116 valence electrons. The van der Waals surface area contributed by atoms with E-state index in [1.165, 1.54) is 0 Å². The molecular formula is C15H16ClN3O3. The lowest BCUT2D eigenvalue weighted by Crippen LogP contribution is -2.45. The van der Waals surface area contributed by atoms with Crippen molar-refractivity contribution in [2.24, 2.45) is 0 Å². The van der Waals surface area contributed by atoms with E-state index in [4.69, 9.17) is 25.6 Å². The van der Waals surface area contributed by atoms with E-state index in [0.717, 1.165) is 25.7 Å². The Balaban J connectivity index is 1.44. The second-order valence-electron chi connectivity index (χ2n) is 5.91. The van der Waals surface area contributed by atoms with Gasteiger partial charge in [-0.05, 0) is 37.8 Å². The molecule has 2 aliphatic heterocycles. The second kappa shape index (κ2) is 5.52. The average Bonchev–Trinajstić information content (AvgIpc) is 3.06. The van der Waals surface area contributed by atoms with Crippen molar-refractivity contribution in [3.63, 3.8) is 0 Å². The molecule has 2 aromatic heterocycles. The van der Waals surface area contributed by atoms with Gasteiger partial charge in [-0.3, -0.25) is 0 Å². The fourth-order valence-electron chi connectivity index (χ4n) is 3.13. The van der Waals surface area contributed by atoms with E-state index in [9.17, 15) is 0 Å². The summed E-state index contributed by atoms with van der Waals surface area (Å²) in [7, 11) is 0. The maximum atomic E-state index is 5.80. The molecular weight excluding hydrogens is 306 g/mol. The van der Waals surface area contributed by atoms with E-state index in [2.05, 4.69) is 15.1 Å². The Morgan fingerprint density at radius 3 is 2.86 bits per heavy atom. The summed E-state index contributed by atoms with van der Waals surface area (Å²) in [5.74, 6) is 1.83. The van der Waals surface area contributed by atoms with Gasteiger partial charge in [-0.1, -0.05) is 16.8 Å². The molecule has 6 nitrogen and oxygen atoms in total. The predicted molar refractivity (Wildman–Crippen MR) is 77.8 cm³/mol. The van der Waals surface area contributed by atoms with Crippen LogP contribution in [0.4, 0.5) is 0 Å². The summed E-state index contributed by atoms with van der Waals surface area (Å²) in [6, 6.07) is 3.43. The Hall–Kier alpha value is -1.66. The van der Waals surface area contributed by atoms with E-state index < -0.39 is 0 Å². The van der Waals surface area contributed by atoms with Crippen molar-refractivity contribution in [1.82, 2.24) is 15.1 Å². The number of fused-ring (bicyclic) bond motifs is 3. The van der Waals surface area contributed by atoms with Gasteiger partial charge in [-0.2, -0.15) is 4.98 Å². The van der Waals surface area contributed by atoms with Gasteiger partial charge in [-0.25, -0.2) is 4.98 Å². The molecule has 7 heteroatoms. The van der Waals surface area contributed by atoms with Crippen LogP contribution in [0.2, 0.25) is 5.15 Å². The van der Waals surface area contributed by atoms with E-state index in [-0.39, 0.29) is 12.0 Å². The topological polar surface area (TPSA) is 70.3 Å². The summed E-state index contributed by atoms with van der Waals surface area (Å²) in [6.07, 6.45) is 6.25. The van der Waals surface area contributed by atoms with Gasteiger partial charge in [0, 0.05) is 0 Å². The zero-order valence-electron chi connectivity index (χ0n) is 12.0. The van der Waals surface area contributed by atoms with Crippen molar-refractivity contribution < 1.29 is 14.0 Å². The van der Waals surface area contributed by atoms with Crippen molar-refractivity contribution in [2.75, 3.05) is 6.61 Å². The monoisotopic (exact) mass is 321 g/mol. The number of hydrogen-bond acceptors (Lipinski definition) is 6. The molecule has 1 saturated carbocycles. The summed E-state index contributed by atoms with van der Waals surface area (Å²) in [5.41, 5.74) is -0.0954. The lowest BCUT2D eigenvalue weighted by molar-refractivity contribution is -0.0883. The summed E-state index contributed by atoms with van der Waals surface area (Å²) in [6.45, 7) is 0.924. The van der Waals surface area contributed by atoms with E-state index in [1.54, 1.807) is 18.3 Å². The molecule has 22 heavy (non-hydrogen) atoms. The third kappa shape index (κ3) is 2.57. The molecule has 0 amide bonds. The van der Waals surface area contributed by atoms with Crippen molar-refractivity contribution >= 4 is 11.6 Å². The van der Waals surface area contributed by atoms with Crippen molar-refractivity contribution in [3.8, 4) is 5.75 Å². The van der Waals surface area contributed by atoms with Gasteiger partial charge in [0.15, 0.2) is 6.61 Å². The minimum atomic E-state index is -0.0954. The molecule has 3 fully saturated rings. The lowest BCUT2D eigenvalue weighted by atomic mass is 9.71. The summed E-state index contributed by atoms with van der Waals surface area (Å²) in [5, 5.41) is 4.45. The first-order valence-corrected chi connectivity index (χ1v) is 7.80. The Morgan fingerprint density at radius 2 is 2.18 bits per heavy atom. The van der Waals surface area contributed by atoms with Gasteiger partial charge in [0.05, 0.1) is 24.3 Å². The third-order valence-corrected chi connectivity index (χ3v) is 4.70. The molecule has 0 radical (unpaired) electrons. The van der Waals surface area contributed by atoms with Crippen LogP contribution in [0.5, 0.6) is 5.75 Å². The van der Waals surface area contributed by atoms with Crippen LogP contribution in [0.25, 0.3) is 0 Å². The van der Waals surface area contributed by atoms with Gasteiger partial charge >= 0.3 is 0 Å². The normalized spacial score (nSPS) is 27.0. The molecule has 5 rings (SSSR count). The quantitative estimate of drug-likeness (QED) is 0.806. The van der Waals surface area contributed by atoms with E-state index in [1.807, 2.05) is 0 Å². The zero-order chi connectivity index (χ0) is 15.0. The average molecular weight is 322 g/mol. The van der Waals surface area contributed by atoms with Crippen LogP contribution in [-0.4, -0.2) is 27.8 Å². The Labute approximate surface area is 132 Å². The summed E-state index contributed by atoms with van der Waals surface area (Å²) in [4.78, 5) is 8.46. The van der Waals surface area contributed by atoms with Gasteiger partial charge in [0.2, 0.25) is 11.7 Å². The molecule has 0 unspecified atom stereocenters. The van der Waals surface area contributed by atoms with Crippen molar-refractivity contribution in [3.05, 3.63) is 35.2 Å². The second-order valence-corrected chi connectivity index (χ2v) is 6.30. The number of hydrogen-bond donors (Lipinski definition) is 0. The Morgan fingerprint density at radius 1 is 1.32 bits per heavy atom. The number of ether oxygens (including phenoxy) is 2.